The molecular formula is C14H22N2O3. The first-order valence-corrected chi connectivity index (χ1v) is 7.01. The molecule has 0 spiro atoms. The van der Waals surface area contributed by atoms with Crippen molar-refractivity contribution in [2.45, 2.75) is 64.4 Å². The molecule has 0 unspecified atom stereocenters. The smallest absolute Gasteiger partial charge is 0.227 e. The predicted octanol–water partition coefficient (Wildman–Crippen LogP) is 2.57. The van der Waals surface area contributed by atoms with Crippen LogP contribution in [-0.2, 0) is 11.2 Å². The Morgan fingerprint density at radius 1 is 1.42 bits per heavy atom. The largest absolute Gasteiger partial charge is 0.389 e. The number of aryl methyl sites for hydroxylation is 2. The molecule has 0 radical (unpaired) electrons. The van der Waals surface area contributed by atoms with Gasteiger partial charge in [-0.2, -0.15) is 0 Å². The lowest BCUT2D eigenvalue weighted by molar-refractivity contribution is -0.122. The molecular weight excluding hydrogens is 244 g/mol. The Kier molecular flexibility index (Phi) is 4.24. The zero-order chi connectivity index (χ0) is 13.9. The van der Waals surface area contributed by atoms with Gasteiger partial charge in [0, 0.05) is 6.42 Å². The van der Waals surface area contributed by atoms with Crippen molar-refractivity contribution in [2.24, 2.45) is 0 Å². The number of nitrogens with zero attached hydrogens (tertiary/aromatic N) is 1. The zero-order valence-electron chi connectivity index (χ0n) is 11.7. The molecule has 0 aliphatic heterocycles. The van der Waals surface area contributed by atoms with Gasteiger partial charge in [-0.05, 0) is 19.8 Å². The molecule has 5 heteroatoms. The maximum atomic E-state index is 12.1. The first-order valence-electron chi connectivity index (χ1n) is 7.01. The van der Waals surface area contributed by atoms with Crippen molar-refractivity contribution in [1.82, 2.24) is 5.16 Å². The number of aromatic nitrogens is 1. The van der Waals surface area contributed by atoms with Gasteiger partial charge in [-0.1, -0.05) is 31.3 Å². The number of amides is 1. The third kappa shape index (κ3) is 3.35. The SMILES string of the molecule is CCc1onc(C)c1NC(=O)CC1(O)CCCCC1. The summed E-state index contributed by atoms with van der Waals surface area (Å²) >= 11 is 0. The van der Waals surface area contributed by atoms with Crippen molar-refractivity contribution >= 4 is 11.6 Å². The maximum absolute atomic E-state index is 12.1. The molecule has 1 fully saturated rings. The Bertz CT molecular complexity index is 448. The Morgan fingerprint density at radius 3 is 2.74 bits per heavy atom. The fourth-order valence-corrected chi connectivity index (χ4v) is 2.69. The number of carbonyl (C=O) groups excluding carboxylic acids is 1. The average molecular weight is 266 g/mol. The molecule has 1 heterocycles. The van der Waals surface area contributed by atoms with E-state index in [0.29, 0.717) is 36.4 Å². The van der Waals surface area contributed by atoms with E-state index in [1.54, 1.807) is 6.92 Å². The van der Waals surface area contributed by atoms with E-state index in [-0.39, 0.29) is 12.3 Å². The van der Waals surface area contributed by atoms with Gasteiger partial charge < -0.3 is 14.9 Å². The number of hydrogen-bond acceptors (Lipinski definition) is 4. The van der Waals surface area contributed by atoms with Crippen LogP contribution in [0.15, 0.2) is 4.52 Å². The number of aliphatic hydroxyl groups is 1. The number of anilines is 1. The van der Waals surface area contributed by atoms with E-state index < -0.39 is 5.60 Å². The lowest BCUT2D eigenvalue weighted by Crippen LogP contribution is -2.36. The van der Waals surface area contributed by atoms with Gasteiger partial charge in [0.15, 0.2) is 5.76 Å². The molecule has 1 aromatic rings. The molecule has 0 aromatic carbocycles. The van der Waals surface area contributed by atoms with Crippen LogP contribution in [0.25, 0.3) is 0 Å². The standard InChI is InChI=1S/C14H22N2O3/c1-3-11-13(10(2)16-19-11)15-12(17)9-14(18)7-5-4-6-8-14/h18H,3-9H2,1-2H3,(H,15,17). The highest BCUT2D eigenvalue weighted by Gasteiger charge is 2.32. The van der Waals surface area contributed by atoms with Crippen LogP contribution in [0.1, 0.15) is 56.9 Å². The van der Waals surface area contributed by atoms with Crippen molar-refractivity contribution in [3.63, 3.8) is 0 Å². The molecule has 2 N–H and O–H groups in total. The van der Waals surface area contributed by atoms with Crippen molar-refractivity contribution in [1.29, 1.82) is 0 Å². The number of carbonyl (C=O) groups is 1. The Labute approximate surface area is 113 Å². The molecule has 1 saturated carbocycles. The molecule has 106 valence electrons. The van der Waals surface area contributed by atoms with Gasteiger partial charge in [-0.25, -0.2) is 0 Å². The fraction of sp³-hybridized carbons (Fsp3) is 0.714. The van der Waals surface area contributed by atoms with Gasteiger partial charge in [-0.3, -0.25) is 4.79 Å². The van der Waals surface area contributed by atoms with E-state index in [9.17, 15) is 9.90 Å². The molecule has 1 amide bonds. The molecule has 0 atom stereocenters. The first-order chi connectivity index (χ1) is 9.04. The molecule has 1 aromatic heterocycles. The summed E-state index contributed by atoms with van der Waals surface area (Å²) in [5.74, 6) is 0.520. The quantitative estimate of drug-likeness (QED) is 0.878. The van der Waals surface area contributed by atoms with Crippen LogP contribution in [0.5, 0.6) is 0 Å². The number of nitrogens with one attached hydrogen (secondary N) is 1. The maximum Gasteiger partial charge on any atom is 0.227 e. The number of hydrogen-bond donors (Lipinski definition) is 2. The van der Waals surface area contributed by atoms with Crippen LogP contribution in [0, 0.1) is 6.92 Å². The Hall–Kier alpha value is -1.36. The second kappa shape index (κ2) is 5.74. The van der Waals surface area contributed by atoms with Crippen molar-refractivity contribution in [3.8, 4) is 0 Å². The lowest BCUT2D eigenvalue weighted by Gasteiger charge is -2.31. The second-order valence-corrected chi connectivity index (χ2v) is 5.43. The van der Waals surface area contributed by atoms with Crippen LogP contribution in [0.2, 0.25) is 0 Å². The van der Waals surface area contributed by atoms with Gasteiger partial charge in [0.25, 0.3) is 0 Å². The Morgan fingerprint density at radius 2 is 2.11 bits per heavy atom. The van der Waals surface area contributed by atoms with Crippen LogP contribution < -0.4 is 5.32 Å². The third-order valence-corrected chi connectivity index (χ3v) is 3.79. The van der Waals surface area contributed by atoms with E-state index in [4.69, 9.17) is 4.52 Å². The average Bonchev–Trinajstić information content (AvgIpc) is 2.70. The molecule has 5 nitrogen and oxygen atoms in total. The minimum absolute atomic E-state index is 0.154. The van der Waals surface area contributed by atoms with E-state index >= 15 is 0 Å². The lowest BCUT2D eigenvalue weighted by atomic mass is 9.82. The van der Waals surface area contributed by atoms with Gasteiger partial charge in [0.1, 0.15) is 11.4 Å². The third-order valence-electron chi connectivity index (χ3n) is 3.79. The fourth-order valence-electron chi connectivity index (χ4n) is 2.69. The summed E-state index contributed by atoms with van der Waals surface area (Å²) in [7, 11) is 0. The minimum atomic E-state index is -0.834. The van der Waals surface area contributed by atoms with Crippen LogP contribution in [0.4, 0.5) is 5.69 Å². The summed E-state index contributed by atoms with van der Waals surface area (Å²) in [5, 5.41) is 17.0. The highest BCUT2D eigenvalue weighted by molar-refractivity contribution is 5.92. The summed E-state index contributed by atoms with van der Waals surface area (Å²) in [6, 6.07) is 0. The number of rotatable bonds is 4. The van der Waals surface area contributed by atoms with Gasteiger partial charge >= 0.3 is 0 Å². The topological polar surface area (TPSA) is 75.4 Å². The first kappa shape index (κ1) is 14.1. The highest BCUT2D eigenvalue weighted by Crippen LogP contribution is 2.31. The van der Waals surface area contributed by atoms with Crippen molar-refractivity contribution in [3.05, 3.63) is 11.5 Å². The molecule has 1 aliphatic carbocycles. The molecule has 0 bridgehead atoms. The zero-order valence-corrected chi connectivity index (χ0v) is 11.7. The van der Waals surface area contributed by atoms with Crippen molar-refractivity contribution < 1.29 is 14.4 Å². The summed E-state index contributed by atoms with van der Waals surface area (Å²) < 4.78 is 5.13. The van der Waals surface area contributed by atoms with Crippen LogP contribution >= 0.6 is 0 Å². The normalized spacial score (nSPS) is 18.3. The summed E-state index contributed by atoms with van der Waals surface area (Å²) in [5.41, 5.74) is 0.507. The van der Waals surface area contributed by atoms with Gasteiger partial charge in [0.05, 0.1) is 12.0 Å². The molecule has 0 saturated heterocycles. The van der Waals surface area contributed by atoms with Gasteiger partial charge in [0.2, 0.25) is 5.91 Å². The monoisotopic (exact) mass is 266 g/mol. The van der Waals surface area contributed by atoms with E-state index in [1.807, 2.05) is 6.92 Å². The summed E-state index contributed by atoms with van der Waals surface area (Å²) in [4.78, 5) is 12.1. The van der Waals surface area contributed by atoms with E-state index in [1.165, 1.54) is 0 Å². The van der Waals surface area contributed by atoms with E-state index in [0.717, 1.165) is 19.3 Å². The molecule has 2 rings (SSSR count). The van der Waals surface area contributed by atoms with Crippen LogP contribution in [0.3, 0.4) is 0 Å². The predicted molar refractivity (Wildman–Crippen MR) is 71.9 cm³/mol. The summed E-state index contributed by atoms with van der Waals surface area (Å²) in [6.07, 6.45) is 5.40. The minimum Gasteiger partial charge on any atom is -0.389 e. The van der Waals surface area contributed by atoms with E-state index in [2.05, 4.69) is 10.5 Å². The van der Waals surface area contributed by atoms with Gasteiger partial charge in [-0.15, -0.1) is 0 Å². The molecule has 19 heavy (non-hydrogen) atoms. The Balaban J connectivity index is 1.99. The van der Waals surface area contributed by atoms with Crippen LogP contribution in [-0.4, -0.2) is 21.8 Å². The second-order valence-electron chi connectivity index (χ2n) is 5.43. The van der Waals surface area contributed by atoms with Crippen molar-refractivity contribution in [2.75, 3.05) is 5.32 Å². The highest BCUT2D eigenvalue weighted by atomic mass is 16.5. The summed E-state index contributed by atoms with van der Waals surface area (Å²) in [6.45, 7) is 3.75. The molecule has 1 aliphatic rings.